The molecule has 66 heavy (non-hydrogen) atoms. The third-order valence-electron chi connectivity index (χ3n) is 13.2. The van der Waals surface area contributed by atoms with Crippen molar-refractivity contribution in [2.75, 3.05) is 25.7 Å². The van der Waals surface area contributed by atoms with E-state index in [0.29, 0.717) is 8.58 Å². The van der Waals surface area contributed by atoms with Crippen LogP contribution < -0.4 is 0 Å². The molecule has 8 aliphatic carbocycles. The third kappa shape index (κ3) is 38.3. The van der Waals surface area contributed by atoms with Crippen molar-refractivity contribution in [2.24, 2.45) is 23.7 Å². The Morgan fingerprint density at radius 1 is 0.545 bits per heavy atom. The van der Waals surface area contributed by atoms with Crippen LogP contribution in [0.5, 0.6) is 0 Å². The van der Waals surface area contributed by atoms with Gasteiger partial charge in [0.2, 0.25) is 0 Å². The van der Waals surface area contributed by atoms with Crippen LogP contribution in [0.3, 0.4) is 0 Å². The summed E-state index contributed by atoms with van der Waals surface area (Å²) in [7, 11) is -0.310. The van der Waals surface area contributed by atoms with E-state index in [1.807, 2.05) is 12.2 Å². The molecule has 0 saturated heterocycles. The van der Waals surface area contributed by atoms with Crippen molar-refractivity contribution in [3.05, 3.63) is 151 Å². The molecule has 10 heteroatoms. The fourth-order valence-electron chi connectivity index (χ4n) is 9.23. The molecular formula is C56H96Fe4P2Y4+2. The van der Waals surface area contributed by atoms with Gasteiger partial charge >= 0.3 is 68.3 Å². The quantitative estimate of drug-likeness (QED) is 0.141. The summed E-state index contributed by atoms with van der Waals surface area (Å²) in [5, 5.41) is 1.70. The summed E-state index contributed by atoms with van der Waals surface area (Å²) in [4.78, 5) is 0. The van der Waals surface area contributed by atoms with Crippen LogP contribution in [0.15, 0.2) is 95.4 Å². The van der Waals surface area contributed by atoms with Crippen molar-refractivity contribution in [3.8, 4) is 0 Å². The van der Waals surface area contributed by atoms with E-state index in [1.165, 1.54) is 121 Å². The van der Waals surface area contributed by atoms with E-state index in [2.05, 4.69) is 134 Å². The Balaban J connectivity index is -0.0000000734. The molecule has 0 N–H and O–H groups in total. The first kappa shape index (κ1) is 93.3. The van der Waals surface area contributed by atoms with E-state index >= 15 is 0 Å². The largest absolute Gasteiger partial charge is 2.00 e. The fourth-order valence-corrected chi connectivity index (χ4v) is 13.0. The van der Waals surface area contributed by atoms with Crippen molar-refractivity contribution in [2.45, 2.75) is 155 Å². The normalized spacial score (nSPS) is 22.6. The summed E-state index contributed by atoms with van der Waals surface area (Å²) in [6.07, 6.45) is 67.3. The van der Waals surface area contributed by atoms with Crippen LogP contribution in [0, 0.1) is 79.1 Å². The van der Waals surface area contributed by atoms with Crippen LogP contribution in [0.4, 0.5) is 0 Å². The molecule has 4 radical (unpaired) electrons. The smallest absolute Gasteiger partial charge is 0.358 e. The van der Waals surface area contributed by atoms with Crippen molar-refractivity contribution in [1.82, 2.24) is 0 Å². The summed E-state index contributed by atoms with van der Waals surface area (Å²) < 4.78 is 0. The Bertz CT molecular complexity index is 1190. The van der Waals surface area contributed by atoms with E-state index in [4.69, 9.17) is 0 Å². The average molecular weight is 1410 g/mol. The molecular weight excluding hydrogens is 1310 g/mol. The maximum atomic E-state index is 2.58. The maximum absolute atomic E-state index is 2.58. The molecule has 0 aromatic carbocycles. The molecule has 0 amide bonds. The summed E-state index contributed by atoms with van der Waals surface area (Å²) in [6, 6.07) is 0. The zero-order valence-electron chi connectivity index (χ0n) is 43.8. The average Bonchev–Trinajstić information content (AvgIpc) is 4.11. The van der Waals surface area contributed by atoms with Crippen LogP contribution in [0.25, 0.3) is 0 Å². The van der Waals surface area contributed by atoms with Crippen molar-refractivity contribution in [3.63, 3.8) is 0 Å². The van der Waals surface area contributed by atoms with Gasteiger partial charge in [0, 0.05) is 157 Å². The van der Waals surface area contributed by atoms with Gasteiger partial charge in [-0.15, -0.1) is 42.5 Å². The number of hydrogen-bond acceptors (Lipinski definition) is 0. The molecule has 0 nitrogen and oxygen atoms in total. The van der Waals surface area contributed by atoms with E-state index in [1.54, 1.807) is 16.5 Å². The van der Waals surface area contributed by atoms with Gasteiger partial charge in [-0.3, -0.25) is 0 Å². The van der Waals surface area contributed by atoms with Crippen LogP contribution in [-0.4, -0.2) is 31.3 Å². The Morgan fingerprint density at radius 2 is 0.970 bits per heavy atom. The minimum atomic E-state index is -0.817. The monoisotopic (exact) mass is 1410 g/mol. The minimum Gasteiger partial charge on any atom is -0.358 e. The Morgan fingerprint density at radius 3 is 1.27 bits per heavy atom. The summed E-state index contributed by atoms with van der Waals surface area (Å²) in [5.41, 5.74) is 4.25. The van der Waals surface area contributed by atoms with Crippen LogP contribution >= 0.6 is 15.8 Å². The van der Waals surface area contributed by atoms with Gasteiger partial charge < -0.3 is 29.7 Å². The third-order valence-corrected chi connectivity index (χ3v) is 19.0. The Hall–Kier alpha value is 4.75. The molecule has 0 aliphatic heterocycles. The van der Waals surface area contributed by atoms with Gasteiger partial charge in [-0.25, -0.2) is 49.3 Å². The SMILES string of the molecule is C1=C[CH-]CC=C1.C1=C[CH-]CC=C1.C1CCCC1.C1CCCC1.CC[P+](C)(CC)C1[CH-]C=CC=C1C1CCCC1C.C[PH2+]C1=C(C2CCCC2C)C=CC[CH-]1.[CH3-].[CH3-].[CH3-].[CH3-].[Fe+2].[Fe+2].[Fe+2].[Fe+2].[Y].[Y].[Y].[Y]. The summed E-state index contributed by atoms with van der Waals surface area (Å²) in [5.74, 6) is 3.57. The first-order valence-electron chi connectivity index (χ1n) is 22.8. The van der Waals surface area contributed by atoms with Crippen molar-refractivity contribution >= 4 is 15.8 Å². The summed E-state index contributed by atoms with van der Waals surface area (Å²) in [6.45, 7) is 14.6. The van der Waals surface area contributed by atoms with E-state index in [0.717, 1.165) is 42.2 Å². The maximum Gasteiger partial charge on any atom is 2.00 e. The Labute approximate surface area is 561 Å². The van der Waals surface area contributed by atoms with Gasteiger partial charge in [0.1, 0.15) is 0 Å². The first-order valence-corrected chi connectivity index (χ1v) is 27.2. The molecule has 0 heterocycles. The molecule has 0 aromatic heterocycles. The molecule has 372 valence electrons. The predicted molar refractivity (Wildman–Crippen MR) is 279 cm³/mol. The van der Waals surface area contributed by atoms with Crippen molar-refractivity contribution in [1.29, 1.82) is 0 Å². The molecule has 4 fully saturated rings. The van der Waals surface area contributed by atoms with Gasteiger partial charge in [-0.05, 0) is 40.7 Å². The Kier molecular flexibility index (Phi) is 85.7. The van der Waals surface area contributed by atoms with Crippen LogP contribution in [0.1, 0.15) is 150 Å². The zero-order valence-corrected chi connectivity index (χ0v) is 61.6. The standard InChI is InChI=1S/C17H29P.C13H20P.2C6H7.2C5H10.4CH3.4Fe.4Y/c1-5-18(4,6-2)17-13-8-7-11-16(17)15-12-9-10-14(15)3;1-10-6-5-8-11(10)12-7-3-4-9-13(12)14-2;2*1-2-4-6-5-3-1;2*1-2-4-5-3-1;;;;;;;;;;;;/h7-8,11,13-15,17H,5-6,9-10,12H2,1-4H3;3,7,9-11,14H,4-6,8H2,1-2H3;2*1-5H,6H2;2*1-5H2;4*1H3;;;;;;;;/q;3*-1;;;4*-1;4*+2;;;;/p+1. The van der Waals surface area contributed by atoms with Crippen LogP contribution in [-0.2, 0) is 199 Å². The summed E-state index contributed by atoms with van der Waals surface area (Å²) >= 11 is 0. The van der Waals surface area contributed by atoms with Gasteiger partial charge in [0.25, 0.3) is 0 Å². The zero-order chi connectivity index (χ0) is 38.7. The fraction of sp³-hybridized carbons (Fsp3) is 0.571. The first-order chi connectivity index (χ1) is 26.4. The van der Waals surface area contributed by atoms with Crippen molar-refractivity contribution < 1.29 is 199 Å². The van der Waals surface area contributed by atoms with E-state index in [-0.39, 0.29) is 229 Å². The molecule has 0 spiro atoms. The molecule has 4 saturated carbocycles. The second-order valence-corrected chi connectivity index (χ2v) is 23.0. The second kappa shape index (κ2) is 60.6. The number of allylic oxidation sites excluding steroid dienone is 16. The van der Waals surface area contributed by atoms with Gasteiger partial charge in [0.15, 0.2) is 0 Å². The topological polar surface area (TPSA) is 0 Å². The van der Waals surface area contributed by atoms with E-state index in [9.17, 15) is 0 Å². The number of rotatable bonds is 6. The predicted octanol–water partition coefficient (Wildman–Crippen LogP) is 18.2. The second-order valence-electron chi connectivity index (χ2n) is 17.0. The molecule has 0 aromatic rings. The van der Waals surface area contributed by atoms with Crippen LogP contribution in [0.2, 0.25) is 0 Å². The molecule has 6 atom stereocenters. The molecule has 8 rings (SSSR count). The van der Waals surface area contributed by atoms with E-state index < -0.39 is 7.26 Å². The molecule has 6 unspecified atom stereocenters. The molecule has 0 bridgehead atoms. The number of hydrogen-bond donors (Lipinski definition) is 0. The molecule has 8 aliphatic rings. The minimum absolute atomic E-state index is 0. The van der Waals surface area contributed by atoms with Gasteiger partial charge in [0.05, 0.1) is 12.3 Å². The van der Waals surface area contributed by atoms with Gasteiger partial charge in [-0.1, -0.05) is 152 Å². The van der Waals surface area contributed by atoms with Gasteiger partial charge in [-0.2, -0.15) is 18.4 Å².